The van der Waals surface area contributed by atoms with Crippen molar-refractivity contribution in [1.82, 2.24) is 0 Å². The molecule has 0 saturated carbocycles. The minimum atomic E-state index is -0.166. The van der Waals surface area contributed by atoms with Crippen LogP contribution < -0.4 is 10.6 Å². The average molecular weight is 334 g/mol. The minimum absolute atomic E-state index is 0.166. The lowest BCUT2D eigenvalue weighted by atomic mass is 10.1. The van der Waals surface area contributed by atoms with Crippen molar-refractivity contribution < 1.29 is 4.79 Å². The van der Waals surface area contributed by atoms with E-state index in [1.54, 1.807) is 41.4 Å². The molecule has 2 aromatic carbocycles. The number of rotatable bonds is 1. The summed E-state index contributed by atoms with van der Waals surface area (Å²) in [5.74, 6) is -0.166. The van der Waals surface area contributed by atoms with E-state index in [0.717, 1.165) is 11.3 Å². The molecule has 3 rings (SSSR count). The van der Waals surface area contributed by atoms with E-state index in [2.05, 4.69) is 4.99 Å². The lowest BCUT2D eigenvalue weighted by Gasteiger charge is -2.23. The predicted molar refractivity (Wildman–Crippen MR) is 91.5 cm³/mol. The zero-order valence-corrected chi connectivity index (χ0v) is 13.1. The molecule has 112 valence electrons. The first-order valence-corrected chi connectivity index (χ1v) is 7.47. The van der Waals surface area contributed by atoms with Gasteiger partial charge >= 0.3 is 0 Å². The van der Waals surface area contributed by atoms with E-state index in [1.165, 1.54) is 0 Å². The molecule has 6 heteroatoms. The Labute approximate surface area is 138 Å². The number of amides is 1. The number of benzodiazepines with no additional fused rings is 1. The molecule has 0 saturated heterocycles. The lowest BCUT2D eigenvalue weighted by molar-refractivity contribution is 0.0988. The fourth-order valence-corrected chi connectivity index (χ4v) is 2.93. The van der Waals surface area contributed by atoms with Gasteiger partial charge in [0.1, 0.15) is 0 Å². The number of anilines is 2. The van der Waals surface area contributed by atoms with Crippen molar-refractivity contribution in [2.75, 3.05) is 23.7 Å². The van der Waals surface area contributed by atoms with E-state index in [-0.39, 0.29) is 5.91 Å². The second-order valence-corrected chi connectivity index (χ2v) is 5.84. The molecule has 1 amide bonds. The molecule has 1 aliphatic heterocycles. The summed E-state index contributed by atoms with van der Waals surface area (Å²) >= 11 is 12.0. The maximum absolute atomic E-state index is 12.8. The summed E-state index contributed by atoms with van der Waals surface area (Å²) in [6.45, 7) is 1.00. The van der Waals surface area contributed by atoms with Gasteiger partial charge in [0.2, 0.25) is 0 Å². The van der Waals surface area contributed by atoms with Crippen molar-refractivity contribution in [3.63, 3.8) is 0 Å². The zero-order valence-electron chi connectivity index (χ0n) is 11.6. The molecule has 0 fully saturated rings. The van der Waals surface area contributed by atoms with Crippen molar-refractivity contribution in [2.24, 2.45) is 4.99 Å². The molecule has 2 N–H and O–H groups in total. The number of hydrogen-bond acceptors (Lipinski definition) is 3. The largest absolute Gasteiger partial charge is 0.399 e. The van der Waals surface area contributed by atoms with Gasteiger partial charge in [0.25, 0.3) is 5.91 Å². The summed E-state index contributed by atoms with van der Waals surface area (Å²) in [7, 11) is 0. The third kappa shape index (κ3) is 2.93. The monoisotopic (exact) mass is 333 g/mol. The van der Waals surface area contributed by atoms with Gasteiger partial charge in [-0.3, -0.25) is 9.79 Å². The summed E-state index contributed by atoms with van der Waals surface area (Å²) in [4.78, 5) is 18.8. The summed E-state index contributed by atoms with van der Waals surface area (Å²) in [5, 5.41) is 0.860. The summed E-state index contributed by atoms with van der Waals surface area (Å²) < 4.78 is 0. The standard InChI is InChI=1S/C16H13Cl2N3O/c17-12-5-10(6-13(18)8-12)16(22)21-4-3-20-9-11-7-14(19)1-2-15(11)21/h1-2,5-9H,3-4,19H2. The molecule has 0 radical (unpaired) electrons. The lowest BCUT2D eigenvalue weighted by Crippen LogP contribution is -2.33. The van der Waals surface area contributed by atoms with Crippen LogP contribution in [0, 0.1) is 0 Å². The molecule has 1 aliphatic rings. The van der Waals surface area contributed by atoms with Gasteiger partial charge in [-0.05, 0) is 36.4 Å². The van der Waals surface area contributed by atoms with E-state index >= 15 is 0 Å². The van der Waals surface area contributed by atoms with E-state index in [4.69, 9.17) is 28.9 Å². The Hall–Kier alpha value is -2.04. The molecule has 1 heterocycles. The van der Waals surface area contributed by atoms with Crippen LogP contribution in [-0.4, -0.2) is 25.2 Å². The molecular weight excluding hydrogens is 321 g/mol. The minimum Gasteiger partial charge on any atom is -0.399 e. The van der Waals surface area contributed by atoms with Crippen LogP contribution in [0.4, 0.5) is 11.4 Å². The van der Waals surface area contributed by atoms with Crippen LogP contribution in [0.15, 0.2) is 41.4 Å². The van der Waals surface area contributed by atoms with E-state index in [1.807, 2.05) is 6.07 Å². The van der Waals surface area contributed by atoms with Crippen LogP contribution in [-0.2, 0) is 0 Å². The van der Waals surface area contributed by atoms with Gasteiger partial charge in [-0.2, -0.15) is 0 Å². The molecule has 4 nitrogen and oxygen atoms in total. The van der Waals surface area contributed by atoms with Crippen molar-refractivity contribution >= 4 is 46.7 Å². The predicted octanol–water partition coefficient (Wildman–Crippen LogP) is 3.65. The van der Waals surface area contributed by atoms with Crippen LogP contribution in [0.1, 0.15) is 15.9 Å². The topological polar surface area (TPSA) is 58.7 Å². The smallest absolute Gasteiger partial charge is 0.258 e. The summed E-state index contributed by atoms with van der Waals surface area (Å²) in [6, 6.07) is 10.2. The number of carbonyl (C=O) groups is 1. The molecule has 22 heavy (non-hydrogen) atoms. The van der Waals surface area contributed by atoms with Crippen molar-refractivity contribution in [3.8, 4) is 0 Å². The first-order valence-electron chi connectivity index (χ1n) is 6.72. The number of hydrogen-bond donors (Lipinski definition) is 1. The number of fused-ring (bicyclic) bond motifs is 1. The van der Waals surface area contributed by atoms with Crippen LogP contribution in [0.2, 0.25) is 10.0 Å². The Morgan fingerprint density at radius 3 is 2.59 bits per heavy atom. The molecule has 0 spiro atoms. The molecule has 0 aliphatic carbocycles. The quantitative estimate of drug-likeness (QED) is 0.809. The maximum Gasteiger partial charge on any atom is 0.258 e. The first-order chi connectivity index (χ1) is 10.5. The molecular formula is C16H13Cl2N3O. The number of aliphatic imine (C=N–C) groups is 1. The van der Waals surface area contributed by atoms with Crippen LogP contribution >= 0.6 is 23.2 Å². The molecule has 0 bridgehead atoms. The number of nitrogen functional groups attached to an aromatic ring is 1. The van der Waals surface area contributed by atoms with E-state index < -0.39 is 0 Å². The molecule has 0 aromatic heterocycles. The SMILES string of the molecule is Nc1ccc2c(c1)C=NCCN2C(=O)c1cc(Cl)cc(Cl)c1. The number of nitrogens with zero attached hydrogens (tertiary/aromatic N) is 2. The Balaban J connectivity index is 2.03. The van der Waals surface area contributed by atoms with Gasteiger partial charge in [0, 0.05) is 39.6 Å². The van der Waals surface area contributed by atoms with Gasteiger partial charge in [0.05, 0.1) is 12.2 Å². The summed E-state index contributed by atoms with van der Waals surface area (Å²) in [6.07, 6.45) is 1.74. The Morgan fingerprint density at radius 2 is 1.86 bits per heavy atom. The third-order valence-corrected chi connectivity index (χ3v) is 3.82. The van der Waals surface area contributed by atoms with Gasteiger partial charge in [0.15, 0.2) is 0 Å². The van der Waals surface area contributed by atoms with Crippen LogP contribution in [0.25, 0.3) is 0 Å². The highest BCUT2D eigenvalue weighted by atomic mass is 35.5. The second kappa shape index (κ2) is 5.99. The zero-order chi connectivity index (χ0) is 15.7. The Bertz CT molecular complexity index is 754. The highest BCUT2D eigenvalue weighted by Crippen LogP contribution is 2.27. The van der Waals surface area contributed by atoms with E-state index in [0.29, 0.717) is 34.4 Å². The highest BCUT2D eigenvalue weighted by Gasteiger charge is 2.22. The van der Waals surface area contributed by atoms with Crippen LogP contribution in [0.3, 0.4) is 0 Å². The van der Waals surface area contributed by atoms with Crippen molar-refractivity contribution in [1.29, 1.82) is 0 Å². The van der Waals surface area contributed by atoms with Gasteiger partial charge in [-0.1, -0.05) is 23.2 Å². The van der Waals surface area contributed by atoms with Crippen molar-refractivity contribution in [3.05, 3.63) is 57.6 Å². The maximum atomic E-state index is 12.8. The number of nitrogens with two attached hydrogens (primary N) is 1. The normalized spacial score (nSPS) is 13.6. The Morgan fingerprint density at radius 1 is 1.14 bits per heavy atom. The van der Waals surface area contributed by atoms with E-state index in [9.17, 15) is 4.79 Å². The highest BCUT2D eigenvalue weighted by molar-refractivity contribution is 6.35. The number of benzene rings is 2. The molecule has 0 unspecified atom stereocenters. The molecule has 0 atom stereocenters. The number of carbonyl (C=O) groups excluding carboxylic acids is 1. The van der Waals surface area contributed by atoms with Crippen molar-refractivity contribution in [2.45, 2.75) is 0 Å². The van der Waals surface area contributed by atoms with Gasteiger partial charge in [-0.15, -0.1) is 0 Å². The van der Waals surface area contributed by atoms with Gasteiger partial charge in [-0.25, -0.2) is 0 Å². The third-order valence-electron chi connectivity index (χ3n) is 3.38. The molecule has 2 aromatic rings. The fraction of sp³-hybridized carbons (Fsp3) is 0.125. The summed E-state index contributed by atoms with van der Waals surface area (Å²) in [5.41, 5.74) is 8.47. The Kier molecular flexibility index (Phi) is 4.05. The first kappa shape index (κ1) is 14.9. The van der Waals surface area contributed by atoms with Crippen LogP contribution in [0.5, 0.6) is 0 Å². The fourth-order valence-electron chi connectivity index (χ4n) is 2.41. The average Bonchev–Trinajstić information content (AvgIpc) is 2.67. The number of halogens is 2. The van der Waals surface area contributed by atoms with Gasteiger partial charge < -0.3 is 10.6 Å². The second-order valence-electron chi connectivity index (χ2n) is 4.97.